The van der Waals surface area contributed by atoms with Crippen molar-refractivity contribution in [1.82, 2.24) is 39.0 Å². The molecule has 0 unspecified atom stereocenters. The SMILES string of the molecule is c1ccc(-c2nc(-c3cccc(-c4ccc(-c5nc(-c6ccccc6)nc(-c6cccc7sc8ccc9c%10cc(-n%11c%12ccccc%12c%12ccccc%12%11)ccc%10sc9c8c67)n5)cc4)c3)nc(-c3cccc4sc5c(ccc6c7cc(-n8c9ccccc9c9ccccc98)ccc7sc65)c34)n2)cc1. The minimum atomic E-state index is 0.595. The molecule has 0 aliphatic rings. The molecule has 474 valence electrons. The van der Waals surface area contributed by atoms with Crippen molar-refractivity contribution in [3.05, 3.63) is 303 Å². The van der Waals surface area contributed by atoms with Gasteiger partial charge in [0.25, 0.3) is 0 Å². The van der Waals surface area contributed by atoms with E-state index in [-0.39, 0.29) is 0 Å². The summed E-state index contributed by atoms with van der Waals surface area (Å²) in [5, 5.41) is 14.7. The van der Waals surface area contributed by atoms with E-state index in [1.165, 1.54) is 114 Å². The van der Waals surface area contributed by atoms with Gasteiger partial charge in [-0.1, -0.05) is 218 Å². The van der Waals surface area contributed by atoms with Crippen LogP contribution in [-0.2, 0) is 0 Å². The lowest BCUT2D eigenvalue weighted by Gasteiger charge is -2.11. The summed E-state index contributed by atoms with van der Waals surface area (Å²) in [5.41, 5.74) is 14.7. The van der Waals surface area contributed by atoms with Crippen LogP contribution in [0.2, 0.25) is 0 Å². The van der Waals surface area contributed by atoms with Gasteiger partial charge in [0, 0.05) is 138 Å². The van der Waals surface area contributed by atoms with E-state index in [0.717, 1.165) is 66.7 Å². The Hall–Kier alpha value is -12.4. The minimum Gasteiger partial charge on any atom is -0.309 e. The quantitative estimate of drug-likeness (QED) is 0.143. The van der Waals surface area contributed by atoms with Gasteiger partial charge in [-0.15, -0.1) is 45.3 Å². The number of para-hydroxylation sites is 4. The molecule has 0 atom stereocenters. The summed E-state index contributed by atoms with van der Waals surface area (Å²) in [5.74, 6) is 3.67. The highest BCUT2D eigenvalue weighted by Crippen LogP contribution is 2.50. The zero-order valence-electron chi connectivity index (χ0n) is 54.1. The van der Waals surface area contributed by atoms with Gasteiger partial charge in [0.1, 0.15) is 0 Å². The number of benzene rings is 14. The molecule has 8 heterocycles. The van der Waals surface area contributed by atoms with Crippen LogP contribution in [0.15, 0.2) is 303 Å². The molecule has 0 bridgehead atoms. The molecule has 0 aliphatic carbocycles. The van der Waals surface area contributed by atoms with Crippen LogP contribution in [-0.4, -0.2) is 39.0 Å². The Morgan fingerprint density at radius 2 is 0.569 bits per heavy atom. The number of fused-ring (bicyclic) bond motifs is 20. The van der Waals surface area contributed by atoms with Gasteiger partial charge in [0.2, 0.25) is 0 Å². The molecule has 102 heavy (non-hydrogen) atoms. The van der Waals surface area contributed by atoms with E-state index < -0.39 is 0 Å². The maximum atomic E-state index is 5.41. The summed E-state index contributed by atoms with van der Waals surface area (Å²) < 4.78 is 14.7. The standard InChI is InChI=1S/C90H50N8S4/c1-3-18-52(19-4-1)85-91-87(95-90(94-85)67-29-17-35-77-80(67)81-78(99-77)47-44-63-68-49-57(40-45-74(68)100-82(63)81)97-70-30-11-7-24-59(70)60-25-8-12-31-71(60)97)54-38-36-51(37-39-54)55-22-15-23-56(48-55)88-92-86(53-20-5-2-6-21-53)93-89(96-88)66-28-16-34-76-79(66)65-43-42-64-69-50-58(41-46-75(69)101-83(64)84(65)102-76)98-72-32-13-9-26-61(72)62-27-10-14-33-73(62)98/h1-50H. The van der Waals surface area contributed by atoms with Crippen LogP contribution in [0.1, 0.15) is 0 Å². The molecule has 8 nitrogen and oxygen atoms in total. The second-order valence-electron chi connectivity index (χ2n) is 26.0. The maximum absolute atomic E-state index is 5.41. The number of thiophene rings is 4. The molecule has 0 saturated heterocycles. The van der Waals surface area contributed by atoms with Crippen molar-refractivity contribution in [1.29, 1.82) is 0 Å². The van der Waals surface area contributed by atoms with Crippen LogP contribution in [0.3, 0.4) is 0 Å². The van der Waals surface area contributed by atoms with Gasteiger partial charge < -0.3 is 9.13 Å². The van der Waals surface area contributed by atoms with E-state index in [9.17, 15) is 0 Å². The molecular formula is C90H50N8S4. The fourth-order valence-corrected chi connectivity index (χ4v) is 20.6. The fourth-order valence-electron chi connectivity index (χ4n) is 15.6. The predicted molar refractivity (Wildman–Crippen MR) is 431 cm³/mol. The molecule has 0 N–H and O–H groups in total. The van der Waals surface area contributed by atoms with Crippen molar-refractivity contribution >= 4 is 170 Å². The summed E-state index contributed by atoms with van der Waals surface area (Å²) in [4.78, 5) is 32.0. The highest BCUT2D eigenvalue weighted by Gasteiger charge is 2.24. The van der Waals surface area contributed by atoms with Crippen molar-refractivity contribution in [3.63, 3.8) is 0 Å². The first-order valence-corrected chi connectivity index (χ1v) is 37.2. The van der Waals surface area contributed by atoms with E-state index in [1.54, 1.807) is 0 Å². The van der Waals surface area contributed by atoms with E-state index in [1.807, 2.05) is 81.7 Å². The second-order valence-corrected chi connectivity index (χ2v) is 30.2. The lowest BCUT2D eigenvalue weighted by Crippen LogP contribution is -2.00. The van der Waals surface area contributed by atoms with Crippen LogP contribution in [0.25, 0.3) is 215 Å². The van der Waals surface area contributed by atoms with Crippen molar-refractivity contribution in [3.8, 4) is 90.8 Å². The largest absolute Gasteiger partial charge is 0.309 e. The van der Waals surface area contributed by atoms with Gasteiger partial charge in [0.05, 0.1) is 31.5 Å². The second kappa shape index (κ2) is 22.5. The number of hydrogen-bond acceptors (Lipinski definition) is 10. The zero-order valence-corrected chi connectivity index (χ0v) is 57.3. The molecule has 0 spiro atoms. The van der Waals surface area contributed by atoms with Gasteiger partial charge in [0.15, 0.2) is 34.9 Å². The van der Waals surface area contributed by atoms with Gasteiger partial charge in [-0.3, -0.25) is 0 Å². The summed E-state index contributed by atoms with van der Waals surface area (Å²) >= 11 is 7.40. The fraction of sp³-hybridized carbons (Fsp3) is 0. The maximum Gasteiger partial charge on any atom is 0.164 e. The van der Waals surface area contributed by atoms with Gasteiger partial charge in [-0.2, -0.15) is 0 Å². The Morgan fingerprint density at radius 1 is 0.196 bits per heavy atom. The van der Waals surface area contributed by atoms with Crippen molar-refractivity contribution in [2.45, 2.75) is 0 Å². The molecule has 0 fully saturated rings. The van der Waals surface area contributed by atoms with Gasteiger partial charge in [-0.25, -0.2) is 29.9 Å². The predicted octanol–water partition coefficient (Wildman–Crippen LogP) is 25.4. The molecule has 0 aliphatic heterocycles. The minimum absolute atomic E-state index is 0.595. The first-order valence-electron chi connectivity index (χ1n) is 34.0. The summed E-state index contributed by atoms with van der Waals surface area (Å²) in [6.07, 6.45) is 0. The molecule has 22 aromatic rings. The van der Waals surface area contributed by atoms with Gasteiger partial charge >= 0.3 is 0 Å². The van der Waals surface area contributed by atoms with Gasteiger partial charge in [-0.05, 0) is 96.1 Å². The summed E-state index contributed by atoms with van der Waals surface area (Å²) in [7, 11) is 0. The van der Waals surface area contributed by atoms with Crippen LogP contribution >= 0.6 is 45.3 Å². The average Bonchev–Trinajstić information content (AvgIpc) is 1.57. The lowest BCUT2D eigenvalue weighted by atomic mass is 10.0. The Balaban J connectivity index is 0.626. The third-order valence-electron chi connectivity index (χ3n) is 20.3. The monoisotopic (exact) mass is 1370 g/mol. The number of hydrogen-bond donors (Lipinski definition) is 0. The van der Waals surface area contributed by atoms with Crippen molar-refractivity contribution < 1.29 is 0 Å². The number of nitrogens with zero attached hydrogens (tertiary/aromatic N) is 8. The highest BCUT2D eigenvalue weighted by molar-refractivity contribution is 7.33. The first-order chi connectivity index (χ1) is 50.5. The molecular weight excluding hydrogens is 1320 g/mol. The van der Waals surface area contributed by atoms with E-state index in [0.29, 0.717) is 34.9 Å². The lowest BCUT2D eigenvalue weighted by molar-refractivity contribution is 1.08. The normalized spacial score (nSPS) is 12.1. The molecule has 22 rings (SSSR count). The molecule has 0 radical (unpaired) electrons. The van der Waals surface area contributed by atoms with E-state index >= 15 is 0 Å². The van der Waals surface area contributed by atoms with Crippen LogP contribution in [0.5, 0.6) is 0 Å². The molecule has 0 saturated carbocycles. The highest BCUT2D eigenvalue weighted by atomic mass is 32.1. The zero-order chi connectivity index (χ0) is 66.7. The molecule has 14 aromatic carbocycles. The third kappa shape index (κ3) is 8.90. The number of aromatic nitrogens is 8. The van der Waals surface area contributed by atoms with E-state index in [4.69, 9.17) is 29.9 Å². The summed E-state index contributed by atoms with van der Waals surface area (Å²) in [6.45, 7) is 0. The topological polar surface area (TPSA) is 87.2 Å². The van der Waals surface area contributed by atoms with Crippen LogP contribution < -0.4 is 0 Å². The molecule has 8 aromatic heterocycles. The van der Waals surface area contributed by atoms with Crippen molar-refractivity contribution in [2.24, 2.45) is 0 Å². The Kier molecular flexibility index (Phi) is 12.7. The third-order valence-corrected chi connectivity index (χ3v) is 25.1. The average molecular weight is 1370 g/mol. The van der Waals surface area contributed by atoms with Crippen LogP contribution in [0, 0.1) is 0 Å². The first kappa shape index (κ1) is 57.5. The smallest absolute Gasteiger partial charge is 0.164 e. The summed E-state index contributed by atoms with van der Waals surface area (Å²) in [6, 6.07) is 109. The molecule has 0 amide bonds. The number of rotatable bonds is 9. The van der Waals surface area contributed by atoms with E-state index in [2.05, 4.69) is 276 Å². The Morgan fingerprint density at radius 3 is 1.13 bits per heavy atom. The Bertz CT molecular complexity index is 7160. The van der Waals surface area contributed by atoms with Crippen LogP contribution in [0.4, 0.5) is 0 Å². The Labute approximate surface area is 598 Å². The van der Waals surface area contributed by atoms with Crippen molar-refractivity contribution in [2.75, 3.05) is 0 Å². The molecule has 12 heteroatoms.